The normalized spacial score (nSPS) is 10.8. The highest BCUT2D eigenvalue weighted by Crippen LogP contribution is 2.19. The Kier molecular flexibility index (Phi) is 3.68. The molecule has 1 aromatic heterocycles. The van der Waals surface area contributed by atoms with Crippen LogP contribution < -0.4 is 4.72 Å². The van der Waals surface area contributed by atoms with E-state index in [4.69, 9.17) is 5.26 Å². The van der Waals surface area contributed by atoms with Crippen molar-refractivity contribution in [3.63, 3.8) is 0 Å². The number of aryl methyl sites for hydroxylation is 1. The summed E-state index contributed by atoms with van der Waals surface area (Å²) in [6.07, 6.45) is 0.913. The minimum Gasteiger partial charge on any atom is -0.263 e. The number of nitrogens with one attached hydrogen (secondary N) is 1. The smallest absolute Gasteiger partial charge is 0.263 e. The van der Waals surface area contributed by atoms with Crippen molar-refractivity contribution >= 4 is 15.8 Å². The van der Waals surface area contributed by atoms with E-state index in [-0.39, 0.29) is 16.3 Å². The molecule has 0 saturated heterocycles. The maximum atomic E-state index is 12.7. The molecule has 0 aliphatic rings. The predicted octanol–water partition coefficient (Wildman–Crippen LogP) is 2.20. The van der Waals surface area contributed by atoms with Crippen molar-refractivity contribution in [1.29, 1.82) is 5.26 Å². The molecule has 0 atom stereocenters. The predicted molar refractivity (Wildman–Crippen MR) is 70.9 cm³/mol. The summed E-state index contributed by atoms with van der Waals surface area (Å²) in [5.74, 6) is -0.552. The number of sulfonamides is 1. The highest BCUT2D eigenvalue weighted by Gasteiger charge is 2.18. The fourth-order valence-electron chi connectivity index (χ4n) is 1.59. The van der Waals surface area contributed by atoms with E-state index in [2.05, 4.69) is 9.71 Å². The van der Waals surface area contributed by atoms with Crippen molar-refractivity contribution in [3.8, 4) is 6.07 Å². The molecule has 0 spiro atoms. The zero-order valence-electron chi connectivity index (χ0n) is 10.5. The van der Waals surface area contributed by atoms with Crippen LogP contribution in [0.4, 0.5) is 10.2 Å². The lowest BCUT2D eigenvalue weighted by Crippen LogP contribution is -2.15. The molecule has 0 aliphatic carbocycles. The van der Waals surface area contributed by atoms with Crippen molar-refractivity contribution in [1.82, 2.24) is 4.98 Å². The Labute approximate surface area is 115 Å². The van der Waals surface area contributed by atoms with Gasteiger partial charge >= 0.3 is 0 Å². The largest absolute Gasteiger partial charge is 0.263 e. The Hall–Kier alpha value is -2.46. The van der Waals surface area contributed by atoms with Gasteiger partial charge in [-0.2, -0.15) is 5.26 Å². The van der Waals surface area contributed by atoms with E-state index in [1.54, 1.807) is 13.0 Å². The SMILES string of the molecule is Cc1ccc(C#N)cc1S(=O)(=O)Nc1ccc(F)cn1. The van der Waals surface area contributed by atoms with E-state index in [9.17, 15) is 12.8 Å². The molecule has 0 fully saturated rings. The molecule has 2 rings (SSSR count). The maximum Gasteiger partial charge on any atom is 0.263 e. The number of benzene rings is 1. The molecule has 0 saturated carbocycles. The summed E-state index contributed by atoms with van der Waals surface area (Å²) in [6, 6.07) is 8.56. The van der Waals surface area contributed by atoms with Gasteiger partial charge in [-0.15, -0.1) is 0 Å². The van der Waals surface area contributed by atoms with Gasteiger partial charge in [0.2, 0.25) is 0 Å². The molecule has 0 bridgehead atoms. The van der Waals surface area contributed by atoms with E-state index in [0.717, 1.165) is 12.3 Å². The van der Waals surface area contributed by atoms with E-state index in [1.165, 1.54) is 18.2 Å². The molecule has 20 heavy (non-hydrogen) atoms. The van der Waals surface area contributed by atoms with Gasteiger partial charge in [-0.05, 0) is 36.8 Å². The average molecular weight is 291 g/mol. The van der Waals surface area contributed by atoms with Gasteiger partial charge in [0, 0.05) is 0 Å². The first-order valence-corrected chi connectivity index (χ1v) is 7.06. The number of aromatic nitrogens is 1. The summed E-state index contributed by atoms with van der Waals surface area (Å²) >= 11 is 0. The molecule has 102 valence electrons. The number of hydrogen-bond acceptors (Lipinski definition) is 4. The van der Waals surface area contributed by atoms with E-state index in [1.807, 2.05) is 6.07 Å². The maximum absolute atomic E-state index is 12.7. The highest BCUT2D eigenvalue weighted by molar-refractivity contribution is 7.92. The number of nitriles is 1. The third kappa shape index (κ3) is 2.92. The molecule has 2 aromatic rings. The van der Waals surface area contributed by atoms with Gasteiger partial charge in [-0.3, -0.25) is 4.72 Å². The lowest BCUT2D eigenvalue weighted by molar-refractivity contribution is 0.600. The van der Waals surface area contributed by atoms with Crippen molar-refractivity contribution < 1.29 is 12.8 Å². The van der Waals surface area contributed by atoms with Crippen LogP contribution >= 0.6 is 0 Å². The highest BCUT2D eigenvalue weighted by atomic mass is 32.2. The average Bonchev–Trinajstić information content (AvgIpc) is 2.41. The number of anilines is 1. The second-order valence-corrected chi connectivity index (χ2v) is 5.71. The van der Waals surface area contributed by atoms with Gasteiger partial charge in [0.05, 0.1) is 22.7 Å². The molecular weight excluding hydrogens is 281 g/mol. The Morgan fingerprint density at radius 2 is 2.05 bits per heavy atom. The molecule has 0 amide bonds. The molecule has 0 aliphatic heterocycles. The van der Waals surface area contributed by atoms with Gasteiger partial charge in [0.1, 0.15) is 11.6 Å². The third-order valence-electron chi connectivity index (χ3n) is 2.57. The topological polar surface area (TPSA) is 82.8 Å². The first kappa shape index (κ1) is 14.0. The van der Waals surface area contributed by atoms with Crippen LogP contribution in [0.5, 0.6) is 0 Å². The van der Waals surface area contributed by atoms with E-state index < -0.39 is 15.8 Å². The summed E-state index contributed by atoms with van der Waals surface area (Å²) in [4.78, 5) is 3.62. The summed E-state index contributed by atoms with van der Waals surface area (Å²) in [6.45, 7) is 1.62. The lowest BCUT2D eigenvalue weighted by Gasteiger charge is -2.09. The lowest BCUT2D eigenvalue weighted by atomic mass is 10.2. The van der Waals surface area contributed by atoms with Crippen LogP contribution in [-0.4, -0.2) is 13.4 Å². The quantitative estimate of drug-likeness (QED) is 0.939. The van der Waals surface area contributed by atoms with Crippen molar-refractivity contribution in [2.45, 2.75) is 11.8 Å². The fourth-order valence-corrected chi connectivity index (χ4v) is 2.87. The van der Waals surface area contributed by atoms with Crippen LogP contribution in [0.1, 0.15) is 11.1 Å². The van der Waals surface area contributed by atoms with Gasteiger partial charge in [0.25, 0.3) is 10.0 Å². The Balaban J connectivity index is 2.40. The molecule has 0 radical (unpaired) electrons. The molecule has 7 heteroatoms. The summed E-state index contributed by atoms with van der Waals surface area (Å²) in [5, 5.41) is 8.82. The molecule has 1 aromatic carbocycles. The standard InChI is InChI=1S/C13H10FN3O2S/c1-9-2-3-10(7-15)6-12(9)20(18,19)17-13-5-4-11(14)8-16-13/h2-6,8H,1H3,(H,16,17). The molecule has 1 heterocycles. The number of hydrogen-bond donors (Lipinski definition) is 1. The summed E-state index contributed by atoms with van der Waals surface area (Å²) in [7, 11) is -3.88. The first-order chi connectivity index (χ1) is 9.42. The van der Waals surface area contributed by atoms with Crippen LogP contribution in [-0.2, 0) is 10.0 Å². The van der Waals surface area contributed by atoms with Crippen molar-refractivity contribution in [2.75, 3.05) is 4.72 Å². The van der Waals surface area contributed by atoms with Crippen molar-refractivity contribution in [2.24, 2.45) is 0 Å². The summed E-state index contributed by atoms with van der Waals surface area (Å²) in [5.41, 5.74) is 0.738. The minimum atomic E-state index is -3.88. The van der Waals surface area contributed by atoms with Gasteiger partial charge in [-0.1, -0.05) is 6.07 Å². The Morgan fingerprint density at radius 1 is 1.30 bits per heavy atom. The zero-order chi connectivity index (χ0) is 14.8. The second kappa shape index (κ2) is 5.27. The van der Waals surface area contributed by atoms with Crippen molar-refractivity contribution in [3.05, 3.63) is 53.5 Å². The second-order valence-electron chi connectivity index (χ2n) is 4.06. The molecular formula is C13H10FN3O2S. The first-order valence-electron chi connectivity index (χ1n) is 5.57. The fraction of sp³-hybridized carbons (Fsp3) is 0.0769. The summed E-state index contributed by atoms with van der Waals surface area (Å²) < 4.78 is 39.4. The zero-order valence-corrected chi connectivity index (χ0v) is 11.3. The minimum absolute atomic E-state index is 0.00756. The van der Waals surface area contributed by atoms with E-state index >= 15 is 0 Å². The number of rotatable bonds is 3. The number of pyridine rings is 1. The third-order valence-corrected chi connectivity index (χ3v) is 4.07. The van der Waals surface area contributed by atoms with Crippen LogP contribution in [0.2, 0.25) is 0 Å². The number of nitrogens with zero attached hydrogens (tertiary/aromatic N) is 2. The van der Waals surface area contributed by atoms with Crippen LogP contribution in [0.15, 0.2) is 41.4 Å². The van der Waals surface area contributed by atoms with E-state index in [0.29, 0.717) is 5.56 Å². The Morgan fingerprint density at radius 3 is 2.65 bits per heavy atom. The van der Waals surface area contributed by atoms with Crippen LogP contribution in [0.25, 0.3) is 0 Å². The van der Waals surface area contributed by atoms with Gasteiger partial charge in [0.15, 0.2) is 0 Å². The monoisotopic (exact) mass is 291 g/mol. The van der Waals surface area contributed by atoms with Crippen LogP contribution in [0.3, 0.4) is 0 Å². The van der Waals surface area contributed by atoms with Crippen LogP contribution in [0, 0.1) is 24.1 Å². The number of halogens is 1. The van der Waals surface area contributed by atoms with Gasteiger partial charge in [-0.25, -0.2) is 17.8 Å². The molecule has 1 N–H and O–H groups in total. The Bertz CT molecular complexity index is 780. The molecule has 0 unspecified atom stereocenters. The molecule has 5 nitrogen and oxygen atoms in total. The van der Waals surface area contributed by atoms with Gasteiger partial charge < -0.3 is 0 Å².